The molecule has 0 radical (unpaired) electrons. The largest absolute Gasteiger partial charge is 0.478 e. The second-order valence-corrected chi connectivity index (χ2v) is 11.1. The molecule has 1 aromatic rings. The molecule has 0 unspecified atom stereocenters. The van der Waals surface area contributed by atoms with Crippen LogP contribution in [0.15, 0.2) is 17.0 Å². The predicted octanol–water partition coefficient (Wildman–Crippen LogP) is 2.95. The second-order valence-electron chi connectivity index (χ2n) is 9.16. The maximum absolute atomic E-state index is 13.5. The monoisotopic (exact) mass is 463 g/mol. The average Bonchev–Trinajstić information content (AvgIpc) is 2.79. The number of fused-ring (bicyclic) bond motifs is 1. The summed E-state index contributed by atoms with van der Waals surface area (Å²) in [5.74, 6) is -0.226. The van der Waals surface area contributed by atoms with E-state index in [0.717, 1.165) is 25.7 Å². The van der Waals surface area contributed by atoms with Gasteiger partial charge in [-0.2, -0.15) is 4.31 Å². The number of hydrogen-bond donors (Lipinski definition) is 2. The van der Waals surface area contributed by atoms with Crippen LogP contribution in [0.2, 0.25) is 0 Å². The molecule has 9 heteroatoms. The minimum absolute atomic E-state index is 0.0317. The smallest absolute Gasteiger partial charge is 0.265 e. The van der Waals surface area contributed by atoms with Crippen molar-refractivity contribution in [3.05, 3.63) is 17.7 Å². The van der Waals surface area contributed by atoms with E-state index < -0.39 is 16.1 Å². The zero-order valence-corrected chi connectivity index (χ0v) is 19.7. The number of rotatable bonds is 5. The highest BCUT2D eigenvalue weighted by Gasteiger charge is 2.36. The number of amides is 2. The van der Waals surface area contributed by atoms with E-state index in [0.29, 0.717) is 42.8 Å². The minimum Gasteiger partial charge on any atom is -0.478 e. The van der Waals surface area contributed by atoms with Gasteiger partial charge in [-0.25, -0.2) is 8.42 Å². The van der Waals surface area contributed by atoms with Crippen molar-refractivity contribution in [1.82, 2.24) is 9.62 Å². The van der Waals surface area contributed by atoms with E-state index in [1.54, 1.807) is 13.0 Å². The molecule has 1 saturated heterocycles. The molecule has 176 valence electrons. The standard InChI is InChI=1S/C23H33N3O5S/c1-3-19-23(28)25-18-12-15(2)21(13-20(18)31-19)32(29,30)26-11-7-8-16(14-26)22(27)24-17-9-5-4-6-10-17/h12-13,16-17,19H,3-11,14H2,1-2H3,(H,24,27)(H,25,28)/t16-,19-/m1/s1. The van der Waals surface area contributed by atoms with Crippen LogP contribution in [0, 0.1) is 12.8 Å². The van der Waals surface area contributed by atoms with Crippen LogP contribution in [0.1, 0.15) is 63.9 Å². The van der Waals surface area contributed by atoms with Crippen molar-refractivity contribution in [2.45, 2.75) is 82.3 Å². The number of anilines is 1. The number of carbonyl (C=O) groups excluding carboxylic acids is 2. The lowest BCUT2D eigenvalue weighted by Crippen LogP contribution is -2.48. The van der Waals surface area contributed by atoms with E-state index in [9.17, 15) is 18.0 Å². The van der Waals surface area contributed by atoms with E-state index >= 15 is 0 Å². The van der Waals surface area contributed by atoms with Crippen LogP contribution < -0.4 is 15.4 Å². The number of ether oxygens (including phenoxy) is 1. The number of piperidine rings is 1. The van der Waals surface area contributed by atoms with Gasteiger partial charge < -0.3 is 15.4 Å². The molecule has 0 aromatic heterocycles. The molecule has 2 atom stereocenters. The third-order valence-electron chi connectivity index (χ3n) is 6.79. The molecule has 2 aliphatic heterocycles. The fourth-order valence-corrected chi connectivity index (χ4v) is 6.66. The number of benzene rings is 1. The Hall–Kier alpha value is -2.13. The van der Waals surface area contributed by atoms with Gasteiger partial charge in [0, 0.05) is 25.2 Å². The summed E-state index contributed by atoms with van der Waals surface area (Å²) in [7, 11) is -3.80. The Balaban J connectivity index is 1.51. The summed E-state index contributed by atoms with van der Waals surface area (Å²) in [4.78, 5) is 25.1. The molecule has 8 nitrogen and oxygen atoms in total. The van der Waals surface area contributed by atoms with Gasteiger partial charge >= 0.3 is 0 Å². The van der Waals surface area contributed by atoms with Crippen molar-refractivity contribution >= 4 is 27.5 Å². The maximum atomic E-state index is 13.5. The van der Waals surface area contributed by atoms with E-state index in [1.807, 2.05) is 6.92 Å². The van der Waals surface area contributed by atoms with Gasteiger partial charge in [-0.3, -0.25) is 9.59 Å². The molecule has 1 aliphatic carbocycles. The lowest BCUT2D eigenvalue weighted by atomic mass is 9.93. The number of nitrogens with one attached hydrogen (secondary N) is 2. The van der Waals surface area contributed by atoms with E-state index in [4.69, 9.17) is 4.74 Å². The van der Waals surface area contributed by atoms with Crippen LogP contribution in [0.25, 0.3) is 0 Å². The molecule has 1 aromatic carbocycles. The molecule has 2 amide bonds. The first-order chi connectivity index (χ1) is 15.3. The number of sulfonamides is 1. The Morgan fingerprint density at radius 1 is 1.19 bits per heavy atom. The van der Waals surface area contributed by atoms with Crippen LogP contribution in [-0.4, -0.2) is 49.8 Å². The Kier molecular flexibility index (Phi) is 6.76. The zero-order valence-electron chi connectivity index (χ0n) is 18.9. The Bertz CT molecular complexity index is 988. The number of nitrogens with zero attached hydrogens (tertiary/aromatic N) is 1. The van der Waals surface area contributed by atoms with Gasteiger partial charge in [0.2, 0.25) is 15.9 Å². The highest BCUT2D eigenvalue weighted by molar-refractivity contribution is 7.89. The summed E-state index contributed by atoms with van der Waals surface area (Å²) in [6, 6.07) is 3.36. The highest BCUT2D eigenvalue weighted by atomic mass is 32.2. The number of aryl methyl sites for hydroxylation is 1. The second kappa shape index (κ2) is 9.39. The third-order valence-corrected chi connectivity index (χ3v) is 8.80. The van der Waals surface area contributed by atoms with Crippen molar-refractivity contribution in [2.75, 3.05) is 18.4 Å². The molecule has 2 N–H and O–H groups in total. The van der Waals surface area contributed by atoms with Gasteiger partial charge in [0.15, 0.2) is 6.10 Å². The SMILES string of the molecule is CC[C@H]1Oc2cc(S(=O)(=O)N3CCC[C@@H](C(=O)NC4CCCCC4)C3)c(C)cc2NC1=O. The lowest BCUT2D eigenvalue weighted by molar-refractivity contribution is -0.127. The first-order valence-corrected chi connectivity index (χ1v) is 13.2. The average molecular weight is 464 g/mol. The van der Waals surface area contributed by atoms with Gasteiger partial charge in [-0.15, -0.1) is 0 Å². The summed E-state index contributed by atoms with van der Waals surface area (Å²) in [6.07, 6.45) is 6.69. The summed E-state index contributed by atoms with van der Waals surface area (Å²) < 4.78 is 34.2. The molecule has 2 fully saturated rings. The predicted molar refractivity (Wildman–Crippen MR) is 121 cm³/mol. The maximum Gasteiger partial charge on any atom is 0.265 e. The molecule has 0 bridgehead atoms. The molecule has 32 heavy (non-hydrogen) atoms. The molecule has 3 aliphatic rings. The molecule has 1 saturated carbocycles. The molecular weight excluding hydrogens is 430 g/mol. The fourth-order valence-electron chi connectivity index (χ4n) is 4.91. The number of hydrogen-bond acceptors (Lipinski definition) is 5. The van der Waals surface area contributed by atoms with Crippen molar-refractivity contribution < 1.29 is 22.7 Å². The molecular formula is C23H33N3O5S. The Morgan fingerprint density at radius 3 is 2.66 bits per heavy atom. The van der Waals surface area contributed by atoms with Gasteiger partial charge in [0.1, 0.15) is 5.75 Å². The van der Waals surface area contributed by atoms with Crippen molar-refractivity contribution in [1.29, 1.82) is 0 Å². The molecule has 2 heterocycles. The van der Waals surface area contributed by atoms with E-state index in [2.05, 4.69) is 10.6 Å². The van der Waals surface area contributed by atoms with Crippen LogP contribution in [0.5, 0.6) is 5.75 Å². The van der Waals surface area contributed by atoms with Crippen molar-refractivity contribution in [2.24, 2.45) is 5.92 Å². The van der Waals surface area contributed by atoms with Crippen LogP contribution >= 0.6 is 0 Å². The van der Waals surface area contributed by atoms with Crippen LogP contribution in [0.4, 0.5) is 5.69 Å². The Labute approximate surface area is 190 Å². The Morgan fingerprint density at radius 2 is 1.94 bits per heavy atom. The van der Waals surface area contributed by atoms with Crippen LogP contribution in [0.3, 0.4) is 0 Å². The van der Waals surface area contributed by atoms with Crippen molar-refractivity contribution in [3.63, 3.8) is 0 Å². The molecule has 4 rings (SSSR count). The van der Waals surface area contributed by atoms with Gasteiger partial charge in [0.25, 0.3) is 5.91 Å². The van der Waals surface area contributed by atoms with Gasteiger partial charge in [-0.05, 0) is 50.7 Å². The first kappa shape index (κ1) is 23.0. The summed E-state index contributed by atoms with van der Waals surface area (Å²) >= 11 is 0. The van der Waals surface area contributed by atoms with Crippen LogP contribution in [-0.2, 0) is 19.6 Å². The first-order valence-electron chi connectivity index (χ1n) is 11.7. The lowest BCUT2D eigenvalue weighted by Gasteiger charge is -2.33. The summed E-state index contributed by atoms with van der Waals surface area (Å²) in [6.45, 7) is 4.13. The topological polar surface area (TPSA) is 105 Å². The van der Waals surface area contributed by atoms with Gasteiger partial charge in [-0.1, -0.05) is 26.2 Å². The van der Waals surface area contributed by atoms with E-state index in [1.165, 1.54) is 16.8 Å². The minimum atomic E-state index is -3.80. The summed E-state index contributed by atoms with van der Waals surface area (Å²) in [5, 5.41) is 5.94. The van der Waals surface area contributed by atoms with Gasteiger partial charge in [0.05, 0.1) is 16.5 Å². The third kappa shape index (κ3) is 4.64. The fraction of sp³-hybridized carbons (Fsp3) is 0.652. The quantitative estimate of drug-likeness (QED) is 0.699. The normalized spacial score (nSPS) is 24.9. The number of carbonyl (C=O) groups is 2. The van der Waals surface area contributed by atoms with E-state index in [-0.39, 0.29) is 35.2 Å². The highest BCUT2D eigenvalue weighted by Crippen LogP contribution is 2.36. The van der Waals surface area contributed by atoms with Crippen molar-refractivity contribution in [3.8, 4) is 5.75 Å². The summed E-state index contributed by atoms with van der Waals surface area (Å²) in [5.41, 5.74) is 1.02. The molecule has 0 spiro atoms. The zero-order chi connectivity index (χ0) is 22.9.